The van der Waals surface area contributed by atoms with Gasteiger partial charge in [0, 0.05) is 18.6 Å². The second kappa shape index (κ2) is 8.23. The monoisotopic (exact) mass is 362 g/mol. The first-order chi connectivity index (χ1) is 12.3. The third-order valence-electron chi connectivity index (χ3n) is 2.97. The minimum absolute atomic E-state index is 0.136. The summed E-state index contributed by atoms with van der Waals surface area (Å²) in [6.45, 7) is 0. The van der Waals surface area contributed by atoms with Crippen molar-refractivity contribution < 1.29 is 18.7 Å². The molecule has 0 atom stereocenters. The largest absolute Gasteiger partial charge is 0.433 e. The van der Waals surface area contributed by atoms with Gasteiger partial charge in [0.1, 0.15) is 21.4 Å². The van der Waals surface area contributed by atoms with Crippen molar-refractivity contribution in [2.75, 3.05) is 0 Å². The van der Waals surface area contributed by atoms with Crippen LogP contribution in [0.15, 0.2) is 44.3 Å². The fourth-order valence-electron chi connectivity index (χ4n) is 1.90. The van der Waals surface area contributed by atoms with Gasteiger partial charge in [-0.3, -0.25) is 25.6 Å². The first-order valence-corrected chi connectivity index (χ1v) is 7.14. The molecule has 2 heterocycles. The van der Waals surface area contributed by atoms with E-state index >= 15 is 0 Å². The lowest BCUT2D eigenvalue weighted by Gasteiger charge is -2.02. The first-order valence-electron chi connectivity index (χ1n) is 7.14. The Morgan fingerprint density at radius 2 is 1.85 bits per heavy atom. The normalized spacial score (nSPS) is 11.6. The molecular formula is C14H14N6O6. The number of nitrogens with one attached hydrogen (secondary N) is 2. The molecule has 0 aromatic carbocycles. The molecule has 0 radical (unpaired) electrons. The first kappa shape index (κ1) is 18.4. The van der Waals surface area contributed by atoms with E-state index in [2.05, 4.69) is 10.5 Å². The molecule has 0 bridgehead atoms. The van der Waals surface area contributed by atoms with E-state index in [1.54, 1.807) is 6.08 Å². The van der Waals surface area contributed by atoms with Crippen molar-refractivity contribution in [1.82, 2.24) is 5.43 Å². The van der Waals surface area contributed by atoms with Crippen LogP contribution in [0.5, 0.6) is 0 Å². The van der Waals surface area contributed by atoms with Gasteiger partial charge in [-0.25, -0.2) is 5.43 Å². The van der Waals surface area contributed by atoms with Crippen LogP contribution < -0.4 is 11.2 Å². The Bertz CT molecular complexity index is 880. The van der Waals surface area contributed by atoms with Crippen LogP contribution in [0, 0.1) is 25.6 Å². The Labute approximate surface area is 145 Å². The van der Waals surface area contributed by atoms with E-state index in [-0.39, 0.29) is 30.4 Å². The maximum Gasteiger partial charge on any atom is 0.433 e. The van der Waals surface area contributed by atoms with Gasteiger partial charge in [0.2, 0.25) is 5.96 Å². The average molecular weight is 362 g/mol. The highest BCUT2D eigenvalue weighted by Crippen LogP contribution is 2.18. The Morgan fingerprint density at radius 3 is 2.42 bits per heavy atom. The minimum atomic E-state index is -0.655. The van der Waals surface area contributed by atoms with Gasteiger partial charge in [-0.1, -0.05) is 6.08 Å². The van der Waals surface area contributed by atoms with Crippen LogP contribution >= 0.6 is 0 Å². The number of hydrogen-bond donors (Lipinski definition) is 3. The van der Waals surface area contributed by atoms with Crippen molar-refractivity contribution in [2.45, 2.75) is 12.8 Å². The fraction of sp³-hybridized carbons (Fsp3) is 0.143. The number of hydrazone groups is 1. The molecule has 2 rings (SSSR count). The molecule has 0 amide bonds. The van der Waals surface area contributed by atoms with Crippen LogP contribution in [-0.4, -0.2) is 21.5 Å². The zero-order valence-electron chi connectivity index (χ0n) is 13.2. The molecule has 0 aliphatic rings. The summed E-state index contributed by atoms with van der Waals surface area (Å²) >= 11 is 0. The predicted molar refractivity (Wildman–Crippen MR) is 90.6 cm³/mol. The van der Waals surface area contributed by atoms with E-state index in [1.807, 2.05) is 0 Å². The minimum Gasteiger partial charge on any atom is -0.405 e. The number of allylic oxidation sites excluding steroid dienone is 1. The molecule has 0 unspecified atom stereocenters. The van der Waals surface area contributed by atoms with Crippen molar-refractivity contribution in [2.24, 2.45) is 10.8 Å². The molecule has 12 nitrogen and oxygen atoms in total. The summed E-state index contributed by atoms with van der Waals surface area (Å²) in [5.74, 6) is -0.553. The molecule has 26 heavy (non-hydrogen) atoms. The van der Waals surface area contributed by atoms with Crippen molar-refractivity contribution in [3.8, 4) is 0 Å². The maximum absolute atomic E-state index is 10.6. The molecule has 0 saturated carbocycles. The van der Waals surface area contributed by atoms with Crippen LogP contribution in [0.25, 0.3) is 6.08 Å². The van der Waals surface area contributed by atoms with Gasteiger partial charge >= 0.3 is 11.8 Å². The van der Waals surface area contributed by atoms with Crippen molar-refractivity contribution in [3.05, 3.63) is 62.1 Å². The lowest BCUT2D eigenvalue weighted by Crippen LogP contribution is -2.27. The van der Waals surface area contributed by atoms with Gasteiger partial charge in [-0.05, 0) is 18.2 Å². The molecule has 136 valence electrons. The van der Waals surface area contributed by atoms with Gasteiger partial charge in [0.05, 0.1) is 12.1 Å². The Hall–Kier alpha value is -3.96. The Morgan fingerprint density at radius 1 is 1.19 bits per heavy atom. The summed E-state index contributed by atoms with van der Waals surface area (Å²) in [7, 11) is 0. The molecule has 0 fully saturated rings. The van der Waals surface area contributed by atoms with Crippen LogP contribution in [0.2, 0.25) is 0 Å². The smallest absolute Gasteiger partial charge is 0.405 e. The molecular weight excluding hydrogens is 348 g/mol. The second-order valence-electron chi connectivity index (χ2n) is 4.92. The third-order valence-corrected chi connectivity index (χ3v) is 2.97. The number of nitrogens with two attached hydrogens (primary N) is 1. The van der Waals surface area contributed by atoms with Crippen LogP contribution in [-0.2, 0) is 6.42 Å². The Kier molecular flexibility index (Phi) is 5.82. The van der Waals surface area contributed by atoms with E-state index in [4.69, 9.17) is 20.0 Å². The number of nitrogens with zero attached hydrogens (tertiary/aromatic N) is 3. The van der Waals surface area contributed by atoms with Gasteiger partial charge < -0.3 is 14.6 Å². The number of hydrogen-bond acceptors (Lipinski definition) is 8. The fourth-order valence-corrected chi connectivity index (χ4v) is 1.90. The zero-order valence-corrected chi connectivity index (χ0v) is 13.2. The van der Waals surface area contributed by atoms with Crippen LogP contribution in [0.3, 0.4) is 0 Å². The summed E-state index contributed by atoms with van der Waals surface area (Å²) in [6, 6.07) is 5.34. The van der Waals surface area contributed by atoms with Gasteiger partial charge in [-0.15, -0.1) is 0 Å². The molecule has 0 spiro atoms. The van der Waals surface area contributed by atoms with Crippen LogP contribution in [0.1, 0.15) is 17.9 Å². The number of guanidine groups is 1. The molecule has 0 aliphatic heterocycles. The van der Waals surface area contributed by atoms with Gasteiger partial charge in [-0.2, -0.15) is 5.10 Å². The summed E-state index contributed by atoms with van der Waals surface area (Å²) in [5.41, 5.74) is 7.93. The zero-order chi connectivity index (χ0) is 19.1. The van der Waals surface area contributed by atoms with Crippen molar-refractivity contribution in [1.29, 1.82) is 5.41 Å². The standard InChI is InChI=1S/C14H14N6O6/c15-14(16)18-17-9(8-11-5-7-13(26-11)20(23)24)2-1-3-10-4-6-12(25-10)19(21)22/h1,3-7H,2,8H2,(H4,15,16,18)/b3-1+,17-9-. The summed E-state index contributed by atoms with van der Waals surface area (Å²) in [5, 5.41) is 32.3. The highest BCUT2D eigenvalue weighted by Gasteiger charge is 2.14. The van der Waals surface area contributed by atoms with E-state index in [0.717, 1.165) is 0 Å². The molecule has 0 saturated heterocycles. The topological polar surface area (TPSA) is 187 Å². The lowest BCUT2D eigenvalue weighted by molar-refractivity contribution is -0.402. The SMILES string of the molecule is N=C(N)N/N=C(/C/C=C/c1ccc([N+](=O)[O-])o1)Cc1ccc([N+](=O)[O-])o1. The van der Waals surface area contributed by atoms with Crippen molar-refractivity contribution in [3.63, 3.8) is 0 Å². The number of nitro groups is 2. The highest BCUT2D eigenvalue weighted by molar-refractivity contribution is 5.89. The quantitative estimate of drug-likeness (QED) is 0.275. The average Bonchev–Trinajstić information content (AvgIpc) is 3.21. The molecule has 2 aromatic rings. The molecule has 12 heteroatoms. The number of furan rings is 2. The summed E-state index contributed by atoms with van der Waals surface area (Å²) < 4.78 is 10.1. The van der Waals surface area contributed by atoms with E-state index < -0.39 is 15.7 Å². The van der Waals surface area contributed by atoms with E-state index in [9.17, 15) is 20.2 Å². The third kappa shape index (κ3) is 5.30. The number of rotatable bonds is 8. The highest BCUT2D eigenvalue weighted by atomic mass is 16.7. The van der Waals surface area contributed by atoms with Gasteiger partial charge in [0.25, 0.3) is 0 Å². The van der Waals surface area contributed by atoms with E-state index in [0.29, 0.717) is 11.5 Å². The molecule has 0 aliphatic carbocycles. The van der Waals surface area contributed by atoms with Gasteiger partial charge in [0.15, 0.2) is 0 Å². The molecule has 2 aromatic heterocycles. The summed E-state index contributed by atoms with van der Waals surface area (Å²) in [6.07, 6.45) is 3.53. The van der Waals surface area contributed by atoms with Crippen LogP contribution in [0.4, 0.5) is 11.8 Å². The van der Waals surface area contributed by atoms with E-state index in [1.165, 1.54) is 30.3 Å². The van der Waals surface area contributed by atoms with Crippen molar-refractivity contribution >= 4 is 29.5 Å². The Balaban J connectivity index is 2.07. The molecule has 4 N–H and O–H groups in total. The maximum atomic E-state index is 10.6. The predicted octanol–water partition coefficient (Wildman–Crippen LogP) is 2.17. The second-order valence-corrected chi connectivity index (χ2v) is 4.92. The lowest BCUT2D eigenvalue weighted by atomic mass is 10.1. The summed E-state index contributed by atoms with van der Waals surface area (Å²) in [4.78, 5) is 19.9.